The molecule has 1 aromatic heterocycles. The van der Waals surface area contributed by atoms with Crippen LogP contribution in [0, 0.1) is 0 Å². The first-order chi connectivity index (χ1) is 9.33. The molecular formula is C15H11ClN2O. The van der Waals surface area contributed by atoms with Gasteiger partial charge in [-0.05, 0) is 24.3 Å². The lowest BCUT2D eigenvalue weighted by Crippen LogP contribution is -1.94. The van der Waals surface area contributed by atoms with Gasteiger partial charge in [0, 0.05) is 0 Å². The van der Waals surface area contributed by atoms with Gasteiger partial charge >= 0.3 is 0 Å². The van der Waals surface area contributed by atoms with Crippen LogP contribution >= 0.6 is 11.6 Å². The summed E-state index contributed by atoms with van der Waals surface area (Å²) < 4.78 is 7.39. The molecule has 0 unspecified atom stereocenters. The average molecular weight is 271 g/mol. The Morgan fingerprint density at radius 1 is 0.895 bits per heavy atom. The largest absolute Gasteiger partial charge is 0.454 e. The fraction of sp³-hybridized carbons (Fsp3) is 0. The second-order valence-electron chi connectivity index (χ2n) is 3.99. The van der Waals surface area contributed by atoms with Gasteiger partial charge in [-0.2, -0.15) is 5.10 Å². The highest BCUT2D eigenvalue weighted by Gasteiger charge is 2.05. The molecule has 0 amide bonds. The highest BCUT2D eigenvalue weighted by molar-refractivity contribution is 6.32. The molecule has 0 fully saturated rings. The number of para-hydroxylation sites is 2. The van der Waals surface area contributed by atoms with Crippen molar-refractivity contribution >= 4 is 11.6 Å². The van der Waals surface area contributed by atoms with Gasteiger partial charge in [0.1, 0.15) is 5.75 Å². The standard InChI is InChI=1S/C15H11ClN2O/c16-14-8-4-5-9-15(14)18-11-13(10-17-18)19-12-6-2-1-3-7-12/h1-11H. The third-order valence-corrected chi connectivity index (χ3v) is 2.96. The predicted octanol–water partition coefficient (Wildman–Crippen LogP) is 4.32. The second kappa shape index (κ2) is 5.16. The van der Waals surface area contributed by atoms with E-state index in [1.807, 2.05) is 54.6 Å². The number of benzene rings is 2. The Kier molecular flexibility index (Phi) is 3.21. The molecule has 3 aromatic rings. The molecule has 0 radical (unpaired) electrons. The van der Waals surface area contributed by atoms with Crippen molar-refractivity contribution in [3.05, 3.63) is 72.0 Å². The lowest BCUT2D eigenvalue weighted by atomic mass is 10.3. The van der Waals surface area contributed by atoms with E-state index in [1.54, 1.807) is 17.1 Å². The number of rotatable bonds is 3. The first-order valence-electron chi connectivity index (χ1n) is 5.85. The molecule has 0 atom stereocenters. The van der Waals surface area contributed by atoms with Crippen LogP contribution in [0.25, 0.3) is 5.69 Å². The highest BCUT2D eigenvalue weighted by Crippen LogP contribution is 2.24. The minimum absolute atomic E-state index is 0.650. The van der Waals surface area contributed by atoms with Crippen LogP contribution in [0.3, 0.4) is 0 Å². The number of nitrogens with zero attached hydrogens (tertiary/aromatic N) is 2. The summed E-state index contributed by atoms with van der Waals surface area (Å²) in [6.45, 7) is 0. The molecule has 3 rings (SSSR count). The van der Waals surface area contributed by atoms with Crippen LogP contribution in [0.1, 0.15) is 0 Å². The van der Waals surface area contributed by atoms with Gasteiger partial charge < -0.3 is 4.74 Å². The van der Waals surface area contributed by atoms with E-state index in [0.29, 0.717) is 10.8 Å². The lowest BCUT2D eigenvalue weighted by molar-refractivity contribution is 0.482. The molecule has 0 aliphatic rings. The molecule has 1 heterocycles. The number of hydrogen-bond acceptors (Lipinski definition) is 2. The minimum Gasteiger partial charge on any atom is -0.454 e. The topological polar surface area (TPSA) is 27.1 Å². The second-order valence-corrected chi connectivity index (χ2v) is 4.39. The van der Waals surface area contributed by atoms with Crippen LogP contribution in [0.15, 0.2) is 67.0 Å². The Morgan fingerprint density at radius 3 is 2.42 bits per heavy atom. The van der Waals surface area contributed by atoms with E-state index in [0.717, 1.165) is 11.4 Å². The number of aromatic nitrogens is 2. The van der Waals surface area contributed by atoms with E-state index in [2.05, 4.69) is 5.10 Å². The number of hydrogen-bond donors (Lipinski definition) is 0. The van der Waals surface area contributed by atoms with Crippen LogP contribution in [-0.2, 0) is 0 Å². The Hall–Kier alpha value is -2.26. The van der Waals surface area contributed by atoms with Crippen LogP contribution in [-0.4, -0.2) is 9.78 Å². The molecule has 19 heavy (non-hydrogen) atoms. The quantitative estimate of drug-likeness (QED) is 0.709. The van der Waals surface area contributed by atoms with Crippen LogP contribution in [0.4, 0.5) is 0 Å². The maximum atomic E-state index is 6.13. The number of halogens is 1. The smallest absolute Gasteiger partial charge is 0.165 e. The van der Waals surface area contributed by atoms with Gasteiger partial charge in [0.25, 0.3) is 0 Å². The van der Waals surface area contributed by atoms with E-state index >= 15 is 0 Å². The van der Waals surface area contributed by atoms with Crippen LogP contribution < -0.4 is 4.74 Å². The van der Waals surface area contributed by atoms with Crippen molar-refractivity contribution < 1.29 is 4.74 Å². The Balaban J connectivity index is 1.86. The molecule has 3 nitrogen and oxygen atoms in total. The van der Waals surface area contributed by atoms with Crippen molar-refractivity contribution in [3.8, 4) is 17.2 Å². The maximum Gasteiger partial charge on any atom is 0.165 e. The summed E-state index contributed by atoms with van der Waals surface area (Å²) in [7, 11) is 0. The molecule has 0 aliphatic heterocycles. The highest BCUT2D eigenvalue weighted by atomic mass is 35.5. The lowest BCUT2D eigenvalue weighted by Gasteiger charge is -2.03. The van der Waals surface area contributed by atoms with Gasteiger partial charge in [0.2, 0.25) is 0 Å². The average Bonchev–Trinajstić information content (AvgIpc) is 2.89. The molecule has 0 bridgehead atoms. The SMILES string of the molecule is Clc1ccccc1-n1cc(Oc2ccccc2)cn1. The van der Waals surface area contributed by atoms with E-state index < -0.39 is 0 Å². The fourth-order valence-corrected chi connectivity index (χ4v) is 1.98. The van der Waals surface area contributed by atoms with Gasteiger partial charge in [0.15, 0.2) is 5.75 Å². The van der Waals surface area contributed by atoms with Gasteiger partial charge in [0.05, 0.1) is 23.1 Å². The van der Waals surface area contributed by atoms with Gasteiger partial charge in [-0.1, -0.05) is 41.9 Å². The monoisotopic (exact) mass is 270 g/mol. The van der Waals surface area contributed by atoms with Crippen LogP contribution in [0.2, 0.25) is 5.02 Å². The van der Waals surface area contributed by atoms with Crippen molar-refractivity contribution in [1.29, 1.82) is 0 Å². The maximum absolute atomic E-state index is 6.13. The fourth-order valence-electron chi connectivity index (χ4n) is 1.75. The first kappa shape index (κ1) is 11.8. The third kappa shape index (κ3) is 2.61. The van der Waals surface area contributed by atoms with Gasteiger partial charge in [-0.3, -0.25) is 0 Å². The van der Waals surface area contributed by atoms with Crippen molar-refractivity contribution in [3.63, 3.8) is 0 Å². The molecule has 4 heteroatoms. The van der Waals surface area contributed by atoms with Gasteiger partial charge in [-0.15, -0.1) is 0 Å². The molecule has 0 saturated carbocycles. The Labute approximate surface area is 116 Å². The zero-order valence-electron chi connectivity index (χ0n) is 10.0. The van der Waals surface area contributed by atoms with Crippen molar-refractivity contribution in [2.24, 2.45) is 0 Å². The van der Waals surface area contributed by atoms with Gasteiger partial charge in [-0.25, -0.2) is 4.68 Å². The van der Waals surface area contributed by atoms with E-state index in [4.69, 9.17) is 16.3 Å². The Bertz CT molecular complexity index is 679. The van der Waals surface area contributed by atoms with E-state index in [9.17, 15) is 0 Å². The van der Waals surface area contributed by atoms with E-state index in [-0.39, 0.29) is 0 Å². The summed E-state index contributed by atoms with van der Waals surface area (Å²) >= 11 is 6.13. The third-order valence-electron chi connectivity index (χ3n) is 2.64. The van der Waals surface area contributed by atoms with Crippen molar-refractivity contribution in [1.82, 2.24) is 9.78 Å². The molecule has 0 saturated heterocycles. The number of ether oxygens (including phenoxy) is 1. The zero-order valence-corrected chi connectivity index (χ0v) is 10.8. The molecule has 2 aromatic carbocycles. The minimum atomic E-state index is 0.650. The summed E-state index contributed by atoms with van der Waals surface area (Å²) in [6, 6.07) is 17.1. The molecule has 0 spiro atoms. The van der Waals surface area contributed by atoms with E-state index in [1.165, 1.54) is 0 Å². The van der Waals surface area contributed by atoms with Crippen molar-refractivity contribution in [2.75, 3.05) is 0 Å². The van der Waals surface area contributed by atoms with Crippen molar-refractivity contribution in [2.45, 2.75) is 0 Å². The first-order valence-corrected chi connectivity index (χ1v) is 6.23. The zero-order chi connectivity index (χ0) is 13.1. The summed E-state index contributed by atoms with van der Waals surface area (Å²) in [5.41, 5.74) is 0.826. The summed E-state index contributed by atoms with van der Waals surface area (Å²) in [5, 5.41) is 4.90. The summed E-state index contributed by atoms with van der Waals surface area (Å²) in [4.78, 5) is 0. The van der Waals surface area contributed by atoms with Crippen LogP contribution in [0.5, 0.6) is 11.5 Å². The molecule has 94 valence electrons. The molecule has 0 aliphatic carbocycles. The molecular weight excluding hydrogens is 260 g/mol. The Morgan fingerprint density at radius 2 is 1.63 bits per heavy atom. The predicted molar refractivity (Wildman–Crippen MR) is 75.1 cm³/mol. The summed E-state index contributed by atoms with van der Waals surface area (Å²) in [6.07, 6.45) is 3.46. The molecule has 0 N–H and O–H groups in total. The summed E-state index contributed by atoms with van der Waals surface area (Å²) in [5.74, 6) is 1.45. The normalized spacial score (nSPS) is 10.4.